The van der Waals surface area contributed by atoms with E-state index in [2.05, 4.69) is 10.4 Å². The molecule has 1 amide bonds. The standard InChI is InChI=1S/C17H15N3O/c1-13-16(19-17(21)14-8-4-2-5-9-14)12-18-20(13)15-10-6-3-7-11-15/h2-12H,1H3,(H,19,21). The molecule has 0 saturated carbocycles. The van der Waals surface area contributed by atoms with E-state index in [9.17, 15) is 4.79 Å². The quantitative estimate of drug-likeness (QED) is 0.797. The van der Waals surface area contributed by atoms with Gasteiger partial charge in [-0.3, -0.25) is 4.79 Å². The highest BCUT2D eigenvalue weighted by Gasteiger charge is 2.11. The highest BCUT2D eigenvalue weighted by Crippen LogP contribution is 2.18. The van der Waals surface area contributed by atoms with E-state index < -0.39 is 0 Å². The first-order chi connectivity index (χ1) is 10.3. The smallest absolute Gasteiger partial charge is 0.255 e. The molecule has 0 fully saturated rings. The van der Waals surface area contributed by atoms with Crippen molar-refractivity contribution in [3.8, 4) is 5.69 Å². The number of amides is 1. The highest BCUT2D eigenvalue weighted by atomic mass is 16.1. The van der Waals surface area contributed by atoms with Crippen molar-refractivity contribution in [3.63, 3.8) is 0 Å². The summed E-state index contributed by atoms with van der Waals surface area (Å²) in [5.74, 6) is -0.133. The van der Waals surface area contributed by atoms with Gasteiger partial charge in [0.25, 0.3) is 5.91 Å². The number of carbonyl (C=O) groups excluding carboxylic acids is 1. The van der Waals surface area contributed by atoms with E-state index in [0.29, 0.717) is 11.3 Å². The van der Waals surface area contributed by atoms with Crippen molar-refractivity contribution in [2.24, 2.45) is 0 Å². The Morgan fingerprint density at radius 3 is 2.29 bits per heavy atom. The van der Waals surface area contributed by atoms with Crippen molar-refractivity contribution in [2.45, 2.75) is 6.92 Å². The van der Waals surface area contributed by atoms with E-state index in [4.69, 9.17) is 0 Å². The van der Waals surface area contributed by atoms with Crippen LogP contribution in [0.3, 0.4) is 0 Å². The molecule has 0 radical (unpaired) electrons. The summed E-state index contributed by atoms with van der Waals surface area (Å²) in [7, 11) is 0. The fraction of sp³-hybridized carbons (Fsp3) is 0.0588. The van der Waals surface area contributed by atoms with Crippen LogP contribution in [0.5, 0.6) is 0 Å². The number of benzene rings is 2. The number of carbonyl (C=O) groups is 1. The molecular formula is C17H15N3O. The Balaban J connectivity index is 1.85. The van der Waals surface area contributed by atoms with Crippen molar-refractivity contribution < 1.29 is 4.79 Å². The monoisotopic (exact) mass is 277 g/mol. The van der Waals surface area contributed by atoms with Gasteiger partial charge in [0.15, 0.2) is 0 Å². The van der Waals surface area contributed by atoms with Crippen LogP contribution in [0.2, 0.25) is 0 Å². The Labute approximate surface area is 123 Å². The molecular weight excluding hydrogens is 262 g/mol. The summed E-state index contributed by atoms with van der Waals surface area (Å²) in [6.07, 6.45) is 1.67. The minimum Gasteiger partial charge on any atom is -0.319 e. The van der Waals surface area contributed by atoms with E-state index in [1.807, 2.05) is 55.5 Å². The molecule has 4 heteroatoms. The van der Waals surface area contributed by atoms with E-state index in [1.54, 1.807) is 23.0 Å². The lowest BCUT2D eigenvalue weighted by Gasteiger charge is -2.06. The molecule has 0 aliphatic rings. The fourth-order valence-electron chi connectivity index (χ4n) is 2.15. The molecule has 0 spiro atoms. The van der Waals surface area contributed by atoms with Crippen molar-refractivity contribution in [2.75, 3.05) is 5.32 Å². The summed E-state index contributed by atoms with van der Waals surface area (Å²) in [5.41, 5.74) is 3.21. The van der Waals surface area contributed by atoms with E-state index in [-0.39, 0.29) is 5.91 Å². The first-order valence-electron chi connectivity index (χ1n) is 6.72. The number of hydrogen-bond acceptors (Lipinski definition) is 2. The molecule has 1 heterocycles. The van der Waals surface area contributed by atoms with Gasteiger partial charge in [0.05, 0.1) is 23.3 Å². The van der Waals surface area contributed by atoms with Crippen molar-refractivity contribution >= 4 is 11.6 Å². The van der Waals surface area contributed by atoms with Gasteiger partial charge >= 0.3 is 0 Å². The molecule has 0 saturated heterocycles. The SMILES string of the molecule is Cc1c(NC(=O)c2ccccc2)cnn1-c1ccccc1. The minimum absolute atomic E-state index is 0.133. The van der Waals surface area contributed by atoms with Crippen LogP contribution in [0.15, 0.2) is 66.9 Å². The van der Waals surface area contributed by atoms with Crippen LogP contribution in [0.1, 0.15) is 16.1 Å². The summed E-state index contributed by atoms with van der Waals surface area (Å²) in [4.78, 5) is 12.2. The second-order valence-corrected chi connectivity index (χ2v) is 4.71. The summed E-state index contributed by atoms with van der Waals surface area (Å²) >= 11 is 0. The molecule has 0 atom stereocenters. The predicted molar refractivity (Wildman–Crippen MR) is 82.7 cm³/mol. The molecule has 2 aromatic carbocycles. The van der Waals surface area contributed by atoms with Gasteiger partial charge in [-0.15, -0.1) is 0 Å². The van der Waals surface area contributed by atoms with Crippen LogP contribution < -0.4 is 5.32 Å². The van der Waals surface area contributed by atoms with Gasteiger partial charge in [-0.2, -0.15) is 5.10 Å². The number of nitrogens with zero attached hydrogens (tertiary/aromatic N) is 2. The molecule has 104 valence electrons. The molecule has 3 rings (SSSR count). The number of nitrogens with one attached hydrogen (secondary N) is 1. The van der Waals surface area contributed by atoms with Gasteiger partial charge in [0, 0.05) is 5.56 Å². The summed E-state index contributed by atoms with van der Waals surface area (Å²) in [6.45, 7) is 1.93. The Bertz CT molecular complexity index is 748. The Kier molecular flexibility index (Phi) is 3.51. The van der Waals surface area contributed by atoms with Gasteiger partial charge < -0.3 is 5.32 Å². The molecule has 0 aliphatic heterocycles. The van der Waals surface area contributed by atoms with Crippen LogP contribution in [-0.2, 0) is 0 Å². The molecule has 1 N–H and O–H groups in total. The number of para-hydroxylation sites is 1. The normalized spacial score (nSPS) is 10.3. The molecule has 1 aromatic heterocycles. The lowest BCUT2D eigenvalue weighted by atomic mass is 10.2. The zero-order chi connectivity index (χ0) is 14.7. The van der Waals surface area contributed by atoms with E-state index >= 15 is 0 Å². The van der Waals surface area contributed by atoms with Gasteiger partial charge in [-0.25, -0.2) is 4.68 Å². The molecule has 0 aliphatic carbocycles. The Hall–Kier alpha value is -2.88. The summed E-state index contributed by atoms with van der Waals surface area (Å²) in [5, 5.41) is 7.23. The average molecular weight is 277 g/mol. The maximum absolute atomic E-state index is 12.2. The third-order valence-electron chi connectivity index (χ3n) is 3.29. The van der Waals surface area contributed by atoms with Crippen molar-refractivity contribution in [1.82, 2.24) is 9.78 Å². The second-order valence-electron chi connectivity index (χ2n) is 4.71. The van der Waals surface area contributed by atoms with Gasteiger partial charge in [-0.1, -0.05) is 36.4 Å². The first-order valence-corrected chi connectivity index (χ1v) is 6.72. The molecule has 21 heavy (non-hydrogen) atoms. The second kappa shape index (κ2) is 5.63. The summed E-state index contributed by atoms with van der Waals surface area (Å²) in [6, 6.07) is 19.0. The lowest BCUT2D eigenvalue weighted by molar-refractivity contribution is 0.102. The topological polar surface area (TPSA) is 46.9 Å². The number of anilines is 1. The van der Waals surface area contributed by atoms with Gasteiger partial charge in [0.2, 0.25) is 0 Å². The molecule has 0 unspecified atom stereocenters. The minimum atomic E-state index is -0.133. The molecule has 3 aromatic rings. The van der Waals surface area contributed by atoms with Crippen LogP contribution in [0.25, 0.3) is 5.69 Å². The van der Waals surface area contributed by atoms with Gasteiger partial charge in [-0.05, 0) is 31.2 Å². The van der Waals surface area contributed by atoms with E-state index in [1.165, 1.54) is 0 Å². The third kappa shape index (κ3) is 2.69. The summed E-state index contributed by atoms with van der Waals surface area (Å²) < 4.78 is 1.81. The maximum atomic E-state index is 12.2. The van der Waals surface area contributed by atoms with Crippen LogP contribution in [-0.4, -0.2) is 15.7 Å². The van der Waals surface area contributed by atoms with Gasteiger partial charge in [0.1, 0.15) is 0 Å². The average Bonchev–Trinajstić information content (AvgIpc) is 2.90. The fourth-order valence-corrected chi connectivity index (χ4v) is 2.15. The van der Waals surface area contributed by atoms with Crippen LogP contribution >= 0.6 is 0 Å². The highest BCUT2D eigenvalue weighted by molar-refractivity contribution is 6.04. The Morgan fingerprint density at radius 2 is 1.62 bits per heavy atom. The lowest BCUT2D eigenvalue weighted by Crippen LogP contribution is -2.12. The van der Waals surface area contributed by atoms with Crippen molar-refractivity contribution in [3.05, 3.63) is 78.1 Å². The zero-order valence-electron chi connectivity index (χ0n) is 11.7. The molecule has 0 bridgehead atoms. The number of aromatic nitrogens is 2. The largest absolute Gasteiger partial charge is 0.319 e. The maximum Gasteiger partial charge on any atom is 0.255 e. The first kappa shape index (κ1) is 13.1. The third-order valence-corrected chi connectivity index (χ3v) is 3.29. The van der Waals surface area contributed by atoms with Crippen molar-refractivity contribution in [1.29, 1.82) is 0 Å². The van der Waals surface area contributed by atoms with Crippen LogP contribution in [0, 0.1) is 6.92 Å². The zero-order valence-corrected chi connectivity index (χ0v) is 11.7. The van der Waals surface area contributed by atoms with Crippen LogP contribution in [0.4, 0.5) is 5.69 Å². The predicted octanol–water partition coefficient (Wildman–Crippen LogP) is 3.43. The number of hydrogen-bond donors (Lipinski definition) is 1. The van der Waals surface area contributed by atoms with E-state index in [0.717, 1.165) is 11.4 Å². The molecule has 4 nitrogen and oxygen atoms in total. The Morgan fingerprint density at radius 1 is 1.00 bits per heavy atom. The number of rotatable bonds is 3.